The smallest absolute Gasteiger partial charge is 0.196 e. The van der Waals surface area contributed by atoms with Gasteiger partial charge in [0, 0.05) is 30.6 Å². The second-order valence-corrected chi connectivity index (χ2v) is 9.88. The van der Waals surface area contributed by atoms with Crippen LogP contribution in [-0.4, -0.2) is 41.5 Å². The van der Waals surface area contributed by atoms with Crippen LogP contribution in [0.3, 0.4) is 0 Å². The van der Waals surface area contributed by atoms with Crippen LogP contribution in [0.15, 0.2) is 71.9 Å². The Balaban J connectivity index is 1.50. The van der Waals surface area contributed by atoms with E-state index in [9.17, 15) is 13.2 Å². The molecule has 32 heavy (non-hydrogen) atoms. The van der Waals surface area contributed by atoms with Gasteiger partial charge in [-0.2, -0.15) is 0 Å². The van der Waals surface area contributed by atoms with E-state index < -0.39 is 9.84 Å². The van der Waals surface area contributed by atoms with E-state index in [1.165, 1.54) is 12.1 Å². The monoisotopic (exact) mass is 448 g/mol. The normalized spacial score (nSPS) is 13.7. The highest BCUT2D eigenvalue weighted by Crippen LogP contribution is 2.24. The minimum absolute atomic E-state index is 0.0412. The van der Waals surface area contributed by atoms with Gasteiger partial charge >= 0.3 is 0 Å². The number of nitrogens with zero attached hydrogens (tertiary/aromatic N) is 3. The predicted molar refractivity (Wildman–Crippen MR) is 124 cm³/mol. The maximum Gasteiger partial charge on any atom is 0.196 e. The van der Waals surface area contributed by atoms with Crippen LogP contribution in [0, 0.1) is 6.92 Å². The van der Waals surface area contributed by atoms with Crippen LogP contribution < -0.4 is 5.73 Å². The molecule has 1 aliphatic heterocycles. The number of likely N-dealkylation sites (tertiary alicyclic amines) is 1. The third-order valence-corrected chi connectivity index (χ3v) is 7.14. The minimum atomic E-state index is -3.46. The lowest BCUT2D eigenvalue weighted by atomic mass is 10.1. The Morgan fingerprint density at radius 2 is 1.81 bits per heavy atom. The van der Waals surface area contributed by atoms with Crippen molar-refractivity contribution in [3.63, 3.8) is 0 Å². The highest BCUT2D eigenvalue weighted by Gasteiger charge is 2.25. The molecule has 1 aromatic heterocycles. The zero-order valence-electron chi connectivity index (χ0n) is 17.8. The fraction of sp³-hybridized carbons (Fsp3) is 0.208. The first kappa shape index (κ1) is 21.7. The number of nitrogens with two attached hydrogens (primary N) is 1. The van der Waals surface area contributed by atoms with Gasteiger partial charge in [-0.15, -0.1) is 0 Å². The lowest BCUT2D eigenvalue weighted by Crippen LogP contribution is -2.38. The SMILES string of the molecule is C=C1CCN1CS(=O)(=O)c1ccc(CC(=O)c2nc(-c3ccc(C)cc3)cnc2N)cc1. The van der Waals surface area contributed by atoms with Crippen molar-refractivity contribution in [1.29, 1.82) is 0 Å². The molecule has 0 amide bonds. The quantitative estimate of drug-likeness (QED) is 0.552. The number of aromatic nitrogens is 2. The molecule has 0 saturated carbocycles. The minimum Gasteiger partial charge on any atom is -0.382 e. The molecule has 164 valence electrons. The highest BCUT2D eigenvalue weighted by molar-refractivity contribution is 7.91. The van der Waals surface area contributed by atoms with Gasteiger partial charge in [0.1, 0.15) is 11.6 Å². The number of Topliss-reactive ketones (excluding diaryl/α,β-unsaturated/α-hetero) is 1. The molecular weight excluding hydrogens is 424 g/mol. The number of anilines is 1. The lowest BCUT2D eigenvalue weighted by molar-refractivity contribution is 0.0989. The van der Waals surface area contributed by atoms with Crippen molar-refractivity contribution in [3.8, 4) is 11.3 Å². The Hall–Kier alpha value is -3.52. The molecule has 0 radical (unpaired) electrons. The molecule has 2 N–H and O–H groups in total. The molecule has 7 nitrogen and oxygen atoms in total. The summed E-state index contributed by atoms with van der Waals surface area (Å²) in [5.41, 5.74) is 10.1. The van der Waals surface area contributed by atoms with E-state index in [1.807, 2.05) is 31.2 Å². The van der Waals surface area contributed by atoms with E-state index in [2.05, 4.69) is 16.5 Å². The maximum atomic E-state index is 12.9. The summed E-state index contributed by atoms with van der Waals surface area (Å²) >= 11 is 0. The van der Waals surface area contributed by atoms with Gasteiger partial charge in [0.25, 0.3) is 0 Å². The van der Waals surface area contributed by atoms with E-state index in [1.54, 1.807) is 23.2 Å². The first-order chi connectivity index (χ1) is 15.2. The summed E-state index contributed by atoms with van der Waals surface area (Å²) in [4.78, 5) is 23.4. The van der Waals surface area contributed by atoms with Crippen molar-refractivity contribution < 1.29 is 13.2 Å². The Morgan fingerprint density at radius 1 is 1.12 bits per heavy atom. The Morgan fingerprint density at radius 3 is 2.41 bits per heavy atom. The third-order valence-electron chi connectivity index (χ3n) is 5.50. The maximum absolute atomic E-state index is 12.9. The summed E-state index contributed by atoms with van der Waals surface area (Å²) in [5.74, 6) is -0.293. The summed E-state index contributed by atoms with van der Waals surface area (Å²) < 4.78 is 25.2. The molecule has 1 aliphatic rings. The Kier molecular flexibility index (Phi) is 5.80. The highest BCUT2D eigenvalue weighted by atomic mass is 32.2. The molecule has 0 aliphatic carbocycles. The third kappa shape index (κ3) is 4.55. The van der Waals surface area contributed by atoms with E-state index in [0.29, 0.717) is 17.8 Å². The first-order valence-electron chi connectivity index (χ1n) is 10.2. The molecule has 4 rings (SSSR count). The first-order valence-corrected chi connectivity index (χ1v) is 11.9. The number of ketones is 1. The van der Waals surface area contributed by atoms with E-state index in [-0.39, 0.29) is 34.5 Å². The second kappa shape index (κ2) is 8.55. The number of aryl methyl sites for hydroxylation is 1. The average molecular weight is 449 g/mol. The largest absolute Gasteiger partial charge is 0.382 e. The topological polar surface area (TPSA) is 106 Å². The molecule has 1 fully saturated rings. The van der Waals surface area contributed by atoms with Gasteiger partial charge in [-0.1, -0.05) is 48.5 Å². The van der Waals surface area contributed by atoms with E-state index in [4.69, 9.17) is 5.73 Å². The van der Waals surface area contributed by atoms with Crippen LogP contribution in [-0.2, 0) is 16.3 Å². The van der Waals surface area contributed by atoms with Gasteiger partial charge in [-0.05, 0) is 24.6 Å². The lowest BCUT2D eigenvalue weighted by Gasteiger charge is -2.35. The van der Waals surface area contributed by atoms with E-state index >= 15 is 0 Å². The standard InChI is InChI=1S/C24H24N4O3S/c1-16-3-7-19(8-4-16)21-14-26-24(25)23(27-21)22(29)13-18-5-9-20(10-6-18)32(30,31)15-28-12-11-17(28)2/h3-10,14H,2,11-13,15H2,1H3,(H2,25,26). The molecule has 2 heterocycles. The van der Waals surface area contributed by atoms with Crippen molar-refractivity contribution in [2.24, 2.45) is 0 Å². The molecule has 3 aromatic rings. The fourth-order valence-electron chi connectivity index (χ4n) is 3.41. The molecule has 1 saturated heterocycles. The van der Waals surface area contributed by atoms with Crippen LogP contribution in [0.4, 0.5) is 5.82 Å². The molecule has 8 heteroatoms. The summed E-state index contributed by atoms with van der Waals surface area (Å²) in [6, 6.07) is 14.1. The summed E-state index contributed by atoms with van der Waals surface area (Å²) in [7, 11) is -3.46. The average Bonchev–Trinajstić information content (AvgIpc) is 2.78. The van der Waals surface area contributed by atoms with Crippen LogP contribution in [0.1, 0.15) is 28.0 Å². The number of sulfone groups is 1. The fourth-order valence-corrected chi connectivity index (χ4v) is 4.84. The Bertz CT molecular complexity index is 1280. The number of nitrogen functional groups attached to an aromatic ring is 1. The molecule has 0 spiro atoms. The van der Waals surface area contributed by atoms with Gasteiger partial charge in [-0.3, -0.25) is 4.79 Å². The number of benzene rings is 2. The number of carbonyl (C=O) groups excluding carboxylic acids is 1. The van der Waals surface area contributed by atoms with Gasteiger partial charge < -0.3 is 10.6 Å². The number of hydrogen-bond donors (Lipinski definition) is 1. The zero-order valence-corrected chi connectivity index (χ0v) is 18.6. The van der Waals surface area contributed by atoms with Crippen molar-refractivity contribution in [2.75, 3.05) is 18.2 Å². The second-order valence-electron chi connectivity index (χ2n) is 7.92. The van der Waals surface area contributed by atoms with Crippen molar-refractivity contribution in [1.82, 2.24) is 14.9 Å². The Labute approximate surface area is 187 Å². The molecule has 0 atom stereocenters. The van der Waals surface area contributed by atoms with Gasteiger partial charge in [-0.25, -0.2) is 18.4 Å². The van der Waals surface area contributed by atoms with Crippen LogP contribution in [0.5, 0.6) is 0 Å². The van der Waals surface area contributed by atoms with Gasteiger partial charge in [0.05, 0.1) is 16.8 Å². The van der Waals surface area contributed by atoms with Crippen LogP contribution in [0.2, 0.25) is 0 Å². The summed E-state index contributed by atoms with van der Waals surface area (Å²) in [5, 5.41) is 0. The van der Waals surface area contributed by atoms with Crippen molar-refractivity contribution in [3.05, 3.63) is 83.8 Å². The molecule has 0 bridgehead atoms. The van der Waals surface area contributed by atoms with Crippen LogP contribution >= 0.6 is 0 Å². The van der Waals surface area contributed by atoms with Gasteiger partial charge in [0.15, 0.2) is 21.4 Å². The van der Waals surface area contributed by atoms with Gasteiger partial charge in [0.2, 0.25) is 0 Å². The summed E-state index contributed by atoms with van der Waals surface area (Å²) in [6.45, 7) is 6.53. The zero-order chi connectivity index (χ0) is 22.9. The number of rotatable bonds is 7. The number of carbonyl (C=O) groups is 1. The molecule has 2 aromatic carbocycles. The van der Waals surface area contributed by atoms with Crippen molar-refractivity contribution in [2.45, 2.75) is 24.7 Å². The van der Waals surface area contributed by atoms with E-state index in [0.717, 1.165) is 23.2 Å². The number of hydrogen-bond acceptors (Lipinski definition) is 7. The predicted octanol–water partition coefficient (Wildman–Crippen LogP) is 3.41. The molecule has 0 unspecified atom stereocenters. The van der Waals surface area contributed by atoms with Crippen molar-refractivity contribution >= 4 is 21.4 Å². The van der Waals surface area contributed by atoms with Crippen LogP contribution in [0.25, 0.3) is 11.3 Å². The molecular formula is C24H24N4O3S. The summed E-state index contributed by atoms with van der Waals surface area (Å²) in [6.07, 6.45) is 2.41.